The zero-order valence-electron chi connectivity index (χ0n) is 12.7. The van der Waals surface area contributed by atoms with E-state index in [9.17, 15) is 9.18 Å². The van der Waals surface area contributed by atoms with Crippen molar-refractivity contribution in [1.82, 2.24) is 4.90 Å². The van der Waals surface area contributed by atoms with Crippen LogP contribution in [0.5, 0.6) is 0 Å². The van der Waals surface area contributed by atoms with Crippen LogP contribution in [-0.4, -0.2) is 24.5 Å². The number of fused-ring (bicyclic) bond motifs is 1. The lowest BCUT2D eigenvalue weighted by Crippen LogP contribution is -2.28. The first-order valence-corrected chi connectivity index (χ1v) is 7.73. The van der Waals surface area contributed by atoms with E-state index in [-0.39, 0.29) is 11.1 Å². The molecule has 6 heteroatoms. The Hall–Kier alpha value is -2.11. The van der Waals surface area contributed by atoms with E-state index in [1.54, 1.807) is 0 Å². The largest absolute Gasteiger partial charge is 0.323 e. The van der Waals surface area contributed by atoms with E-state index in [4.69, 9.17) is 11.6 Å². The number of likely N-dealkylation sites (N-methyl/N-ethyl adjacent to an activating group) is 1. The Morgan fingerprint density at radius 1 is 1.26 bits per heavy atom. The summed E-state index contributed by atoms with van der Waals surface area (Å²) >= 11 is 5.71. The van der Waals surface area contributed by atoms with Crippen molar-refractivity contribution in [3.05, 3.63) is 58.4 Å². The number of carbonyl (C=O) groups excluding carboxylic acids is 1. The van der Waals surface area contributed by atoms with E-state index in [1.807, 2.05) is 12.1 Å². The molecule has 3 rings (SSSR count). The van der Waals surface area contributed by atoms with Crippen LogP contribution in [-0.2, 0) is 13.0 Å². The molecule has 0 unspecified atom stereocenters. The molecule has 4 nitrogen and oxygen atoms in total. The van der Waals surface area contributed by atoms with Gasteiger partial charge < -0.3 is 15.5 Å². The summed E-state index contributed by atoms with van der Waals surface area (Å²) in [5, 5.41) is 5.50. The van der Waals surface area contributed by atoms with Crippen molar-refractivity contribution in [2.75, 3.05) is 24.2 Å². The summed E-state index contributed by atoms with van der Waals surface area (Å²) in [5.41, 5.74) is 3.64. The highest BCUT2D eigenvalue weighted by Gasteiger charge is 2.17. The van der Waals surface area contributed by atoms with Crippen LogP contribution >= 0.6 is 11.6 Å². The number of halogens is 2. The van der Waals surface area contributed by atoms with Gasteiger partial charge in [0.1, 0.15) is 5.82 Å². The first-order chi connectivity index (χ1) is 11.0. The Balaban J connectivity index is 1.73. The maximum atomic E-state index is 13.1. The summed E-state index contributed by atoms with van der Waals surface area (Å²) < 4.78 is 13.1. The van der Waals surface area contributed by atoms with Gasteiger partial charge in [-0.3, -0.25) is 0 Å². The third kappa shape index (κ3) is 3.63. The molecule has 0 aliphatic carbocycles. The Labute approximate surface area is 139 Å². The fraction of sp³-hybridized carbons (Fsp3) is 0.235. The van der Waals surface area contributed by atoms with Gasteiger partial charge in [-0.25, -0.2) is 9.18 Å². The van der Waals surface area contributed by atoms with Crippen LogP contribution in [0.3, 0.4) is 0 Å². The number of nitrogens with zero attached hydrogens (tertiary/aromatic N) is 1. The molecule has 120 valence electrons. The molecule has 0 atom stereocenters. The summed E-state index contributed by atoms with van der Waals surface area (Å²) in [7, 11) is 2.08. The maximum Gasteiger partial charge on any atom is 0.323 e. The van der Waals surface area contributed by atoms with Gasteiger partial charge in [-0.1, -0.05) is 23.7 Å². The number of urea groups is 1. The summed E-state index contributed by atoms with van der Waals surface area (Å²) in [6.07, 6.45) is 0.894. The van der Waals surface area contributed by atoms with Gasteiger partial charge in [-0.05, 0) is 48.9 Å². The number of nitrogens with one attached hydrogen (secondary N) is 2. The predicted molar refractivity (Wildman–Crippen MR) is 90.5 cm³/mol. The highest BCUT2D eigenvalue weighted by Crippen LogP contribution is 2.26. The minimum absolute atomic E-state index is 0.0251. The minimum Gasteiger partial charge on any atom is -0.308 e. The third-order valence-corrected chi connectivity index (χ3v) is 4.17. The average molecular weight is 334 g/mol. The van der Waals surface area contributed by atoms with Crippen LogP contribution < -0.4 is 10.6 Å². The standard InChI is InChI=1S/C17H17ClFN3O/c1-22-8-7-13-11(10-22)3-2-4-16(13)21-17(23)20-12-5-6-15(19)14(18)9-12/h2-6,9H,7-8,10H2,1H3,(H2,20,21,23). The van der Waals surface area contributed by atoms with E-state index in [0.717, 1.165) is 30.8 Å². The second kappa shape index (κ2) is 6.56. The average Bonchev–Trinajstić information content (AvgIpc) is 2.51. The lowest BCUT2D eigenvalue weighted by Gasteiger charge is -2.26. The van der Waals surface area contributed by atoms with Gasteiger partial charge in [0.25, 0.3) is 0 Å². The van der Waals surface area contributed by atoms with Crippen LogP contribution in [0.2, 0.25) is 5.02 Å². The van der Waals surface area contributed by atoms with Crippen molar-refractivity contribution in [3.8, 4) is 0 Å². The molecule has 0 spiro atoms. The number of carbonyl (C=O) groups is 1. The fourth-order valence-electron chi connectivity index (χ4n) is 2.73. The molecule has 0 aromatic heterocycles. The van der Waals surface area contributed by atoms with Crippen LogP contribution in [0.4, 0.5) is 20.6 Å². The molecule has 2 amide bonds. The second-order valence-electron chi connectivity index (χ2n) is 5.64. The quantitative estimate of drug-likeness (QED) is 0.868. The van der Waals surface area contributed by atoms with E-state index in [0.29, 0.717) is 5.69 Å². The van der Waals surface area contributed by atoms with Crippen LogP contribution in [0.1, 0.15) is 11.1 Å². The molecule has 23 heavy (non-hydrogen) atoms. The Morgan fingerprint density at radius 3 is 2.87 bits per heavy atom. The van der Waals surface area contributed by atoms with E-state index >= 15 is 0 Å². The zero-order valence-corrected chi connectivity index (χ0v) is 13.5. The topological polar surface area (TPSA) is 44.4 Å². The molecule has 1 aliphatic rings. The highest BCUT2D eigenvalue weighted by molar-refractivity contribution is 6.31. The van der Waals surface area contributed by atoms with Crippen molar-refractivity contribution in [2.24, 2.45) is 0 Å². The van der Waals surface area contributed by atoms with E-state index in [1.165, 1.54) is 23.8 Å². The number of hydrogen-bond acceptors (Lipinski definition) is 2. The minimum atomic E-state index is -0.515. The molecule has 0 fully saturated rings. The normalized spacial score (nSPS) is 14.2. The van der Waals surface area contributed by atoms with Crippen molar-refractivity contribution in [3.63, 3.8) is 0 Å². The molecule has 0 saturated heterocycles. The van der Waals surface area contributed by atoms with Gasteiger partial charge in [-0.2, -0.15) is 0 Å². The lowest BCUT2D eigenvalue weighted by atomic mass is 9.98. The molecule has 2 aromatic rings. The summed E-state index contributed by atoms with van der Waals surface area (Å²) in [6, 6.07) is 9.60. The van der Waals surface area contributed by atoms with Crippen molar-refractivity contribution >= 4 is 29.0 Å². The summed E-state index contributed by atoms with van der Waals surface area (Å²) in [6.45, 7) is 1.83. The van der Waals surface area contributed by atoms with E-state index in [2.05, 4.69) is 28.6 Å². The van der Waals surface area contributed by atoms with Crippen molar-refractivity contribution in [1.29, 1.82) is 0 Å². The van der Waals surface area contributed by atoms with Gasteiger partial charge in [0.05, 0.1) is 5.02 Å². The molecule has 2 N–H and O–H groups in total. The first kappa shape index (κ1) is 15.8. The van der Waals surface area contributed by atoms with Crippen molar-refractivity contribution in [2.45, 2.75) is 13.0 Å². The fourth-order valence-corrected chi connectivity index (χ4v) is 2.91. The molecule has 0 bridgehead atoms. The Kier molecular flexibility index (Phi) is 4.50. The van der Waals surface area contributed by atoms with Crippen LogP contribution in [0.15, 0.2) is 36.4 Å². The molecule has 0 saturated carbocycles. The van der Waals surface area contributed by atoms with Gasteiger partial charge >= 0.3 is 6.03 Å². The molecular weight excluding hydrogens is 317 g/mol. The summed E-state index contributed by atoms with van der Waals surface area (Å²) in [5.74, 6) is -0.515. The van der Waals surface area contributed by atoms with Gasteiger partial charge in [0.2, 0.25) is 0 Å². The second-order valence-corrected chi connectivity index (χ2v) is 6.05. The Bertz CT molecular complexity index is 751. The number of amides is 2. The lowest BCUT2D eigenvalue weighted by molar-refractivity contribution is 0.262. The van der Waals surface area contributed by atoms with Gasteiger partial charge in [0, 0.05) is 24.5 Å². The zero-order chi connectivity index (χ0) is 16.4. The van der Waals surface area contributed by atoms with E-state index < -0.39 is 5.82 Å². The molecule has 0 radical (unpaired) electrons. The van der Waals surface area contributed by atoms with Crippen molar-refractivity contribution < 1.29 is 9.18 Å². The summed E-state index contributed by atoms with van der Waals surface area (Å²) in [4.78, 5) is 14.4. The predicted octanol–water partition coefficient (Wildman–Crippen LogP) is 4.11. The Morgan fingerprint density at radius 2 is 2.09 bits per heavy atom. The van der Waals surface area contributed by atoms with Gasteiger partial charge in [-0.15, -0.1) is 0 Å². The third-order valence-electron chi connectivity index (χ3n) is 3.88. The van der Waals surface area contributed by atoms with Crippen LogP contribution in [0.25, 0.3) is 0 Å². The maximum absolute atomic E-state index is 13.1. The number of benzene rings is 2. The highest BCUT2D eigenvalue weighted by atomic mass is 35.5. The molecular formula is C17H17ClFN3O. The number of hydrogen-bond donors (Lipinski definition) is 2. The SMILES string of the molecule is CN1CCc2c(cccc2NC(=O)Nc2ccc(F)c(Cl)c2)C1. The monoisotopic (exact) mass is 333 g/mol. The van der Waals surface area contributed by atoms with Gasteiger partial charge in [0.15, 0.2) is 0 Å². The number of anilines is 2. The molecule has 2 aromatic carbocycles. The molecule has 1 aliphatic heterocycles. The number of rotatable bonds is 2. The van der Waals surface area contributed by atoms with Crippen LogP contribution in [0, 0.1) is 5.82 Å². The first-order valence-electron chi connectivity index (χ1n) is 7.35. The smallest absolute Gasteiger partial charge is 0.308 e. The molecule has 1 heterocycles.